The highest BCUT2D eigenvalue weighted by Gasteiger charge is 2.34. The van der Waals surface area contributed by atoms with Crippen molar-refractivity contribution in [1.82, 2.24) is 14.5 Å². The summed E-state index contributed by atoms with van der Waals surface area (Å²) < 4.78 is 27.8. The van der Waals surface area contributed by atoms with E-state index in [1.807, 2.05) is 27.7 Å². The molecule has 1 aliphatic rings. The number of sulfonamides is 1. The molecule has 1 aromatic rings. The van der Waals surface area contributed by atoms with E-state index in [2.05, 4.69) is 21.2 Å². The number of rotatable bonds is 7. The van der Waals surface area contributed by atoms with E-state index >= 15 is 0 Å². The van der Waals surface area contributed by atoms with Gasteiger partial charge in [-0.3, -0.25) is 9.59 Å². The van der Waals surface area contributed by atoms with Gasteiger partial charge in [0, 0.05) is 37.1 Å². The van der Waals surface area contributed by atoms with Crippen LogP contribution in [-0.2, 0) is 19.6 Å². The lowest BCUT2D eigenvalue weighted by atomic mass is 10.0. The molecule has 1 aliphatic heterocycles. The molecule has 1 heterocycles. The fourth-order valence-corrected chi connectivity index (χ4v) is 5.26. The number of hydrogen-bond acceptors (Lipinski definition) is 4. The predicted molar refractivity (Wildman–Crippen MR) is 116 cm³/mol. The minimum atomic E-state index is -3.61. The van der Waals surface area contributed by atoms with Gasteiger partial charge in [0.15, 0.2) is 0 Å². The van der Waals surface area contributed by atoms with Crippen molar-refractivity contribution in [3.8, 4) is 0 Å². The molecule has 162 valence electrons. The molecule has 7 nitrogen and oxygen atoms in total. The number of benzene rings is 1. The average molecular weight is 488 g/mol. The molecule has 1 N–H and O–H groups in total. The average Bonchev–Trinajstić information content (AvgIpc) is 2.65. The Kier molecular flexibility index (Phi) is 8.25. The second-order valence-corrected chi connectivity index (χ2v) is 10.9. The van der Waals surface area contributed by atoms with Gasteiger partial charge in [-0.05, 0) is 30.0 Å². The zero-order valence-corrected chi connectivity index (χ0v) is 19.8. The Morgan fingerprint density at radius 2 is 1.72 bits per heavy atom. The van der Waals surface area contributed by atoms with Crippen LogP contribution in [0.3, 0.4) is 0 Å². The lowest BCUT2D eigenvalue weighted by Crippen LogP contribution is -2.57. The van der Waals surface area contributed by atoms with Crippen molar-refractivity contribution >= 4 is 37.8 Å². The molecule has 9 heteroatoms. The third-order valence-corrected chi connectivity index (χ3v) is 7.21. The van der Waals surface area contributed by atoms with Crippen LogP contribution in [0.4, 0.5) is 0 Å². The van der Waals surface area contributed by atoms with E-state index in [9.17, 15) is 18.0 Å². The van der Waals surface area contributed by atoms with E-state index in [0.717, 1.165) is 0 Å². The van der Waals surface area contributed by atoms with E-state index in [-0.39, 0.29) is 41.6 Å². The molecule has 0 bridgehead atoms. The Hall–Kier alpha value is -1.45. The number of carbonyl (C=O) groups excluding carboxylic acids is 2. The summed E-state index contributed by atoms with van der Waals surface area (Å²) in [4.78, 5) is 27.0. The van der Waals surface area contributed by atoms with Crippen LogP contribution in [0.15, 0.2) is 33.6 Å². The SMILES string of the molecule is CC(C)CC(=O)NC(C(=O)N1CCN(S(=O)(=O)c2cccc(Br)c2)CC1)C(C)C. The third kappa shape index (κ3) is 6.26. The van der Waals surface area contributed by atoms with Gasteiger partial charge in [0.1, 0.15) is 6.04 Å². The lowest BCUT2D eigenvalue weighted by molar-refractivity contribution is -0.138. The fourth-order valence-electron chi connectivity index (χ4n) is 3.24. The van der Waals surface area contributed by atoms with Crippen LogP contribution in [0.2, 0.25) is 0 Å². The van der Waals surface area contributed by atoms with Gasteiger partial charge in [-0.1, -0.05) is 49.7 Å². The van der Waals surface area contributed by atoms with Gasteiger partial charge in [-0.2, -0.15) is 4.31 Å². The Bertz CT molecular complexity index is 834. The molecule has 1 aromatic carbocycles. The number of carbonyl (C=O) groups is 2. The molecule has 0 aromatic heterocycles. The highest BCUT2D eigenvalue weighted by molar-refractivity contribution is 9.10. The van der Waals surface area contributed by atoms with E-state index in [0.29, 0.717) is 24.0 Å². The highest BCUT2D eigenvalue weighted by atomic mass is 79.9. The van der Waals surface area contributed by atoms with Gasteiger partial charge >= 0.3 is 0 Å². The van der Waals surface area contributed by atoms with Crippen LogP contribution in [0.25, 0.3) is 0 Å². The van der Waals surface area contributed by atoms with Gasteiger partial charge in [-0.15, -0.1) is 0 Å². The van der Waals surface area contributed by atoms with E-state index in [1.165, 1.54) is 4.31 Å². The number of nitrogens with one attached hydrogen (secondary N) is 1. The molecule has 2 rings (SSSR count). The standard InChI is InChI=1S/C20H30BrN3O4S/c1-14(2)12-18(25)22-19(15(3)4)20(26)23-8-10-24(11-9-23)29(27,28)17-7-5-6-16(21)13-17/h5-7,13-15,19H,8-12H2,1-4H3,(H,22,25). The van der Waals surface area contributed by atoms with Crippen LogP contribution >= 0.6 is 15.9 Å². The first kappa shape index (κ1) is 23.8. The largest absolute Gasteiger partial charge is 0.344 e. The summed E-state index contributed by atoms with van der Waals surface area (Å²) in [5.41, 5.74) is 0. The fraction of sp³-hybridized carbons (Fsp3) is 0.600. The van der Waals surface area contributed by atoms with Crippen LogP contribution in [0, 0.1) is 11.8 Å². The first-order chi connectivity index (χ1) is 13.5. The zero-order chi connectivity index (χ0) is 21.8. The molecular formula is C20H30BrN3O4S. The molecule has 1 saturated heterocycles. The van der Waals surface area contributed by atoms with Crippen LogP contribution < -0.4 is 5.32 Å². The van der Waals surface area contributed by atoms with Crippen molar-refractivity contribution in [3.05, 3.63) is 28.7 Å². The minimum absolute atomic E-state index is 0.0537. The first-order valence-electron chi connectivity index (χ1n) is 9.86. The van der Waals surface area contributed by atoms with E-state index in [4.69, 9.17) is 0 Å². The van der Waals surface area contributed by atoms with Crippen molar-refractivity contribution in [2.24, 2.45) is 11.8 Å². The van der Waals surface area contributed by atoms with Crippen molar-refractivity contribution in [2.75, 3.05) is 26.2 Å². The quantitative estimate of drug-likeness (QED) is 0.639. The van der Waals surface area contributed by atoms with Crippen LogP contribution in [0.5, 0.6) is 0 Å². The zero-order valence-electron chi connectivity index (χ0n) is 17.4. The van der Waals surface area contributed by atoms with Crippen molar-refractivity contribution < 1.29 is 18.0 Å². The predicted octanol–water partition coefficient (Wildman–Crippen LogP) is 2.47. The Morgan fingerprint density at radius 3 is 2.24 bits per heavy atom. The number of piperazine rings is 1. The number of nitrogens with zero attached hydrogens (tertiary/aromatic N) is 2. The number of amides is 2. The summed E-state index contributed by atoms with van der Waals surface area (Å²) in [5, 5.41) is 2.85. The van der Waals surface area contributed by atoms with Crippen molar-refractivity contribution in [1.29, 1.82) is 0 Å². The normalized spacial score (nSPS) is 16.9. The summed E-state index contributed by atoms with van der Waals surface area (Å²) in [6, 6.07) is 6.00. The second-order valence-electron chi connectivity index (χ2n) is 8.07. The summed E-state index contributed by atoms with van der Waals surface area (Å²) in [6.07, 6.45) is 0.370. The Balaban J connectivity index is 2.03. The van der Waals surface area contributed by atoms with Gasteiger partial charge < -0.3 is 10.2 Å². The topological polar surface area (TPSA) is 86.8 Å². The summed E-state index contributed by atoms with van der Waals surface area (Å²) >= 11 is 3.30. The Labute approximate surface area is 182 Å². The molecule has 1 unspecified atom stereocenters. The molecule has 1 atom stereocenters. The van der Waals surface area contributed by atoms with E-state index < -0.39 is 16.1 Å². The second kappa shape index (κ2) is 10.0. The summed E-state index contributed by atoms with van der Waals surface area (Å²) in [5.74, 6) is -0.133. The Morgan fingerprint density at radius 1 is 1.10 bits per heavy atom. The van der Waals surface area contributed by atoms with E-state index in [1.54, 1.807) is 29.2 Å². The molecule has 0 spiro atoms. The highest BCUT2D eigenvalue weighted by Crippen LogP contribution is 2.21. The van der Waals surface area contributed by atoms with Crippen molar-refractivity contribution in [3.63, 3.8) is 0 Å². The number of hydrogen-bond donors (Lipinski definition) is 1. The first-order valence-corrected chi connectivity index (χ1v) is 12.1. The minimum Gasteiger partial charge on any atom is -0.344 e. The van der Waals surface area contributed by atoms with Crippen LogP contribution in [-0.4, -0.2) is 61.7 Å². The van der Waals surface area contributed by atoms with Gasteiger partial charge in [0.25, 0.3) is 0 Å². The monoisotopic (exact) mass is 487 g/mol. The van der Waals surface area contributed by atoms with Gasteiger partial charge in [0.2, 0.25) is 21.8 Å². The summed E-state index contributed by atoms with van der Waals surface area (Å²) in [7, 11) is -3.61. The lowest BCUT2D eigenvalue weighted by Gasteiger charge is -2.36. The molecule has 1 fully saturated rings. The molecule has 29 heavy (non-hydrogen) atoms. The molecule has 0 saturated carbocycles. The maximum Gasteiger partial charge on any atom is 0.245 e. The number of halogens is 1. The van der Waals surface area contributed by atoms with Crippen LogP contribution in [0.1, 0.15) is 34.1 Å². The maximum absolute atomic E-state index is 13.0. The molecule has 0 radical (unpaired) electrons. The van der Waals surface area contributed by atoms with Gasteiger partial charge in [-0.25, -0.2) is 8.42 Å². The van der Waals surface area contributed by atoms with Crippen molar-refractivity contribution in [2.45, 2.75) is 45.1 Å². The third-order valence-electron chi connectivity index (χ3n) is 4.83. The summed E-state index contributed by atoms with van der Waals surface area (Å²) in [6.45, 7) is 8.76. The molecule has 2 amide bonds. The molecule has 0 aliphatic carbocycles. The molecular weight excluding hydrogens is 458 g/mol. The smallest absolute Gasteiger partial charge is 0.245 e. The van der Waals surface area contributed by atoms with Gasteiger partial charge in [0.05, 0.1) is 4.90 Å². The maximum atomic E-state index is 13.0.